The number of ether oxygens (including phenoxy) is 1. The molecule has 0 aromatic heterocycles. The first-order valence-electron chi connectivity index (χ1n) is 7.15. The SMILES string of the molecule is Cl.NC1CCCCC1CC(=O)Nc1ccc(OC(F)F)cc1. The molecule has 124 valence electrons. The summed E-state index contributed by atoms with van der Waals surface area (Å²) in [5, 5.41) is 2.75. The van der Waals surface area contributed by atoms with Crippen molar-refractivity contribution in [3.8, 4) is 5.75 Å². The molecule has 1 saturated carbocycles. The second kappa shape index (κ2) is 8.90. The molecule has 7 heteroatoms. The number of carbonyl (C=O) groups excluding carboxylic acids is 1. The number of hydrogen-bond acceptors (Lipinski definition) is 3. The number of rotatable bonds is 5. The Bertz CT molecular complexity index is 471. The molecule has 1 aliphatic rings. The molecule has 0 aliphatic heterocycles. The van der Waals surface area contributed by atoms with Crippen LogP contribution in [0, 0.1) is 5.92 Å². The molecule has 1 aromatic rings. The molecule has 4 nitrogen and oxygen atoms in total. The van der Waals surface area contributed by atoms with Gasteiger partial charge in [-0.15, -0.1) is 12.4 Å². The molecule has 2 rings (SSSR count). The Hall–Kier alpha value is -1.40. The minimum atomic E-state index is -2.85. The molecule has 22 heavy (non-hydrogen) atoms. The largest absolute Gasteiger partial charge is 0.435 e. The molecular formula is C15H21ClF2N2O2. The third kappa shape index (κ3) is 5.77. The summed E-state index contributed by atoms with van der Waals surface area (Å²) in [6.07, 6.45) is 4.60. The fourth-order valence-corrected chi connectivity index (χ4v) is 2.66. The molecule has 2 unspecified atom stereocenters. The van der Waals surface area contributed by atoms with Crippen LogP contribution in [0.4, 0.5) is 14.5 Å². The zero-order valence-corrected chi connectivity index (χ0v) is 13.0. The molecule has 3 N–H and O–H groups in total. The Labute approximate surface area is 134 Å². The number of benzene rings is 1. The van der Waals surface area contributed by atoms with Gasteiger partial charge in [0.1, 0.15) is 5.75 Å². The van der Waals surface area contributed by atoms with Crippen molar-refractivity contribution in [1.29, 1.82) is 0 Å². The monoisotopic (exact) mass is 334 g/mol. The lowest BCUT2D eigenvalue weighted by Crippen LogP contribution is -2.35. The fourth-order valence-electron chi connectivity index (χ4n) is 2.66. The van der Waals surface area contributed by atoms with Crippen LogP contribution in [0.15, 0.2) is 24.3 Å². The van der Waals surface area contributed by atoms with Crippen LogP contribution in [0.2, 0.25) is 0 Å². The molecule has 0 saturated heterocycles. The van der Waals surface area contributed by atoms with Gasteiger partial charge in [-0.05, 0) is 43.0 Å². The highest BCUT2D eigenvalue weighted by molar-refractivity contribution is 5.90. The van der Waals surface area contributed by atoms with E-state index in [1.165, 1.54) is 24.3 Å². The second-order valence-corrected chi connectivity index (χ2v) is 5.36. The zero-order valence-electron chi connectivity index (χ0n) is 12.1. The van der Waals surface area contributed by atoms with E-state index in [9.17, 15) is 13.6 Å². The van der Waals surface area contributed by atoms with Crippen molar-refractivity contribution in [2.75, 3.05) is 5.32 Å². The smallest absolute Gasteiger partial charge is 0.387 e. The lowest BCUT2D eigenvalue weighted by Gasteiger charge is -2.27. The highest BCUT2D eigenvalue weighted by atomic mass is 35.5. The number of carbonyl (C=O) groups is 1. The van der Waals surface area contributed by atoms with Gasteiger partial charge in [0.25, 0.3) is 0 Å². The van der Waals surface area contributed by atoms with Crippen LogP contribution >= 0.6 is 12.4 Å². The third-order valence-corrected chi connectivity index (χ3v) is 3.78. The van der Waals surface area contributed by atoms with Crippen molar-refractivity contribution in [2.24, 2.45) is 11.7 Å². The van der Waals surface area contributed by atoms with Crippen LogP contribution in [-0.2, 0) is 4.79 Å². The average Bonchev–Trinajstić information content (AvgIpc) is 2.43. The Morgan fingerprint density at radius 3 is 2.50 bits per heavy atom. The Balaban J connectivity index is 0.00000242. The fraction of sp³-hybridized carbons (Fsp3) is 0.533. The summed E-state index contributed by atoms with van der Waals surface area (Å²) in [6, 6.07) is 5.96. The number of nitrogens with two attached hydrogens (primary N) is 1. The summed E-state index contributed by atoms with van der Waals surface area (Å²) >= 11 is 0. The van der Waals surface area contributed by atoms with E-state index in [1.54, 1.807) is 0 Å². The van der Waals surface area contributed by atoms with E-state index in [0.717, 1.165) is 25.7 Å². The van der Waals surface area contributed by atoms with Crippen LogP contribution in [0.3, 0.4) is 0 Å². The Kier molecular flexibility index (Phi) is 7.55. The van der Waals surface area contributed by atoms with Crippen LogP contribution in [0.5, 0.6) is 5.75 Å². The van der Waals surface area contributed by atoms with Crippen LogP contribution in [0.25, 0.3) is 0 Å². The highest BCUT2D eigenvalue weighted by Crippen LogP contribution is 2.26. The van der Waals surface area contributed by atoms with Gasteiger partial charge < -0.3 is 15.8 Å². The van der Waals surface area contributed by atoms with E-state index in [4.69, 9.17) is 5.73 Å². The maximum absolute atomic E-state index is 12.0. The number of hydrogen-bond donors (Lipinski definition) is 2. The number of halogens is 3. The molecular weight excluding hydrogens is 314 g/mol. The van der Waals surface area contributed by atoms with E-state index in [-0.39, 0.29) is 36.0 Å². The average molecular weight is 335 g/mol. The molecule has 1 aliphatic carbocycles. The van der Waals surface area contributed by atoms with Crippen LogP contribution < -0.4 is 15.8 Å². The maximum atomic E-state index is 12.0. The van der Waals surface area contributed by atoms with E-state index in [0.29, 0.717) is 12.1 Å². The molecule has 2 atom stereocenters. The summed E-state index contributed by atoms with van der Waals surface area (Å²) in [5.41, 5.74) is 6.58. The molecule has 0 heterocycles. The van der Waals surface area contributed by atoms with Gasteiger partial charge in [0.05, 0.1) is 0 Å². The summed E-state index contributed by atoms with van der Waals surface area (Å²) in [5.74, 6) is 0.192. The number of anilines is 1. The van der Waals surface area contributed by atoms with Gasteiger partial charge in [-0.25, -0.2) is 0 Å². The van der Waals surface area contributed by atoms with E-state index >= 15 is 0 Å². The molecule has 0 bridgehead atoms. The van der Waals surface area contributed by atoms with Crippen LogP contribution in [-0.4, -0.2) is 18.6 Å². The van der Waals surface area contributed by atoms with Crippen molar-refractivity contribution < 1.29 is 18.3 Å². The molecule has 1 amide bonds. The summed E-state index contributed by atoms with van der Waals surface area (Å²) in [4.78, 5) is 12.0. The normalized spacial score (nSPS) is 21.1. The van der Waals surface area contributed by atoms with Gasteiger partial charge in [-0.2, -0.15) is 8.78 Å². The first-order chi connectivity index (χ1) is 10.0. The second-order valence-electron chi connectivity index (χ2n) is 5.36. The van der Waals surface area contributed by atoms with E-state index in [2.05, 4.69) is 10.1 Å². The predicted molar refractivity (Wildman–Crippen MR) is 83.5 cm³/mol. The molecule has 1 fully saturated rings. The van der Waals surface area contributed by atoms with Crippen molar-refractivity contribution in [1.82, 2.24) is 0 Å². The molecule has 0 spiro atoms. The summed E-state index contributed by atoms with van der Waals surface area (Å²) in [6.45, 7) is -2.85. The maximum Gasteiger partial charge on any atom is 0.387 e. The lowest BCUT2D eigenvalue weighted by atomic mass is 9.83. The minimum absolute atomic E-state index is 0. The first kappa shape index (κ1) is 18.6. The van der Waals surface area contributed by atoms with Gasteiger partial charge >= 0.3 is 6.61 Å². The van der Waals surface area contributed by atoms with Gasteiger partial charge in [0.15, 0.2) is 0 Å². The van der Waals surface area contributed by atoms with Crippen molar-refractivity contribution in [3.05, 3.63) is 24.3 Å². The predicted octanol–water partition coefficient (Wildman–Crippen LogP) is 3.56. The number of amides is 1. The topological polar surface area (TPSA) is 64.4 Å². The van der Waals surface area contributed by atoms with Gasteiger partial charge in [-0.3, -0.25) is 4.79 Å². The summed E-state index contributed by atoms with van der Waals surface area (Å²) in [7, 11) is 0. The summed E-state index contributed by atoms with van der Waals surface area (Å²) < 4.78 is 28.3. The minimum Gasteiger partial charge on any atom is -0.435 e. The molecule has 1 aromatic carbocycles. The van der Waals surface area contributed by atoms with Crippen molar-refractivity contribution in [2.45, 2.75) is 44.8 Å². The number of nitrogens with one attached hydrogen (secondary N) is 1. The highest BCUT2D eigenvalue weighted by Gasteiger charge is 2.24. The van der Waals surface area contributed by atoms with Gasteiger partial charge in [0, 0.05) is 18.2 Å². The van der Waals surface area contributed by atoms with Gasteiger partial charge in [-0.1, -0.05) is 12.8 Å². The van der Waals surface area contributed by atoms with E-state index in [1.807, 2.05) is 0 Å². The van der Waals surface area contributed by atoms with E-state index < -0.39 is 6.61 Å². The standard InChI is InChI=1S/C15H20F2N2O2.ClH/c16-15(17)21-12-7-5-11(6-8-12)19-14(20)9-10-3-1-2-4-13(10)18;/h5-8,10,13,15H,1-4,9,18H2,(H,19,20);1H. The van der Waals surface area contributed by atoms with Crippen molar-refractivity contribution in [3.63, 3.8) is 0 Å². The third-order valence-electron chi connectivity index (χ3n) is 3.78. The molecule has 0 radical (unpaired) electrons. The lowest BCUT2D eigenvalue weighted by molar-refractivity contribution is -0.117. The quantitative estimate of drug-likeness (QED) is 0.865. The Morgan fingerprint density at radius 2 is 1.91 bits per heavy atom. The van der Waals surface area contributed by atoms with Gasteiger partial charge in [0.2, 0.25) is 5.91 Å². The first-order valence-corrected chi connectivity index (χ1v) is 7.15. The number of alkyl halides is 2. The Morgan fingerprint density at radius 1 is 1.27 bits per heavy atom. The van der Waals surface area contributed by atoms with Crippen LogP contribution in [0.1, 0.15) is 32.1 Å². The van der Waals surface area contributed by atoms with Crippen molar-refractivity contribution >= 4 is 24.0 Å². The zero-order chi connectivity index (χ0) is 15.2.